The zero-order valence-electron chi connectivity index (χ0n) is 12.5. The van der Waals surface area contributed by atoms with Crippen molar-refractivity contribution in [2.75, 3.05) is 0 Å². The van der Waals surface area contributed by atoms with Crippen LogP contribution in [0.4, 0.5) is 0 Å². The highest BCUT2D eigenvalue weighted by Gasteiger charge is 2.08. The topological polar surface area (TPSA) is 12.0 Å². The number of rotatable bonds is 8. The lowest BCUT2D eigenvalue weighted by atomic mass is 10.0. The molecule has 0 spiro atoms. The van der Waals surface area contributed by atoms with Crippen LogP contribution in [0.3, 0.4) is 0 Å². The first-order valence-corrected chi connectivity index (χ1v) is 7.46. The summed E-state index contributed by atoms with van der Waals surface area (Å²) in [7, 11) is 0. The molecule has 1 N–H and O–H groups in total. The van der Waals surface area contributed by atoms with Crippen molar-refractivity contribution in [2.24, 2.45) is 0 Å². The summed E-state index contributed by atoms with van der Waals surface area (Å²) in [6.45, 7) is 8.96. The molecule has 0 aliphatic carbocycles. The molecule has 1 aromatic rings. The van der Waals surface area contributed by atoms with E-state index >= 15 is 0 Å². The molecular weight excluding hydrogens is 218 g/mol. The van der Waals surface area contributed by atoms with Crippen LogP contribution in [0.5, 0.6) is 0 Å². The van der Waals surface area contributed by atoms with Crippen molar-refractivity contribution in [1.82, 2.24) is 5.32 Å². The molecule has 1 aromatic carbocycles. The third-order valence-electron chi connectivity index (χ3n) is 3.60. The van der Waals surface area contributed by atoms with E-state index < -0.39 is 0 Å². The molecule has 1 nitrogen and oxygen atoms in total. The molecule has 18 heavy (non-hydrogen) atoms. The fourth-order valence-corrected chi connectivity index (χ4v) is 2.34. The minimum absolute atomic E-state index is 0.451. The van der Waals surface area contributed by atoms with Crippen LogP contribution >= 0.6 is 0 Å². The zero-order valence-corrected chi connectivity index (χ0v) is 12.5. The number of nitrogens with one attached hydrogen (secondary N) is 1. The summed E-state index contributed by atoms with van der Waals surface area (Å²) in [5, 5.41) is 3.69. The van der Waals surface area contributed by atoms with Gasteiger partial charge in [-0.25, -0.2) is 0 Å². The predicted molar refractivity (Wildman–Crippen MR) is 81.0 cm³/mol. The van der Waals surface area contributed by atoms with E-state index in [4.69, 9.17) is 0 Å². The lowest BCUT2D eigenvalue weighted by molar-refractivity contribution is 0.438. The van der Waals surface area contributed by atoms with Crippen LogP contribution in [-0.2, 0) is 0 Å². The van der Waals surface area contributed by atoms with Crippen molar-refractivity contribution >= 4 is 0 Å². The first-order chi connectivity index (χ1) is 8.63. The molecule has 0 radical (unpaired) electrons. The van der Waals surface area contributed by atoms with Gasteiger partial charge in [0.2, 0.25) is 0 Å². The monoisotopic (exact) mass is 247 g/mol. The Morgan fingerprint density at radius 1 is 1.00 bits per heavy atom. The summed E-state index contributed by atoms with van der Waals surface area (Å²) < 4.78 is 0. The van der Waals surface area contributed by atoms with E-state index in [0.29, 0.717) is 12.1 Å². The number of hydrogen-bond donors (Lipinski definition) is 1. The third kappa shape index (κ3) is 5.68. The molecule has 0 aromatic heterocycles. The van der Waals surface area contributed by atoms with Crippen molar-refractivity contribution in [1.29, 1.82) is 0 Å². The van der Waals surface area contributed by atoms with Crippen molar-refractivity contribution in [2.45, 2.75) is 71.9 Å². The van der Waals surface area contributed by atoms with Crippen LogP contribution < -0.4 is 5.32 Å². The number of benzene rings is 1. The maximum absolute atomic E-state index is 3.69. The van der Waals surface area contributed by atoms with E-state index in [1.807, 2.05) is 0 Å². The van der Waals surface area contributed by atoms with Gasteiger partial charge in [0.15, 0.2) is 0 Å². The molecule has 0 aliphatic rings. The second-order valence-corrected chi connectivity index (χ2v) is 5.55. The van der Waals surface area contributed by atoms with Crippen LogP contribution in [-0.4, -0.2) is 6.04 Å². The van der Waals surface area contributed by atoms with Gasteiger partial charge in [0.25, 0.3) is 0 Å². The SMILES string of the molecule is CCCCCCC(C)N[C@@H](C)c1ccc(C)cc1. The van der Waals surface area contributed by atoms with Crippen LogP contribution in [0.25, 0.3) is 0 Å². The predicted octanol–water partition coefficient (Wildman–Crippen LogP) is 5.00. The average molecular weight is 247 g/mol. The van der Waals surface area contributed by atoms with Gasteiger partial charge in [0, 0.05) is 12.1 Å². The molecule has 2 atom stereocenters. The fourth-order valence-electron chi connectivity index (χ4n) is 2.34. The molecule has 0 saturated carbocycles. The van der Waals surface area contributed by atoms with Gasteiger partial charge in [-0.15, -0.1) is 0 Å². The summed E-state index contributed by atoms with van der Waals surface area (Å²) in [6.07, 6.45) is 6.71. The van der Waals surface area contributed by atoms with E-state index in [0.717, 1.165) is 0 Å². The van der Waals surface area contributed by atoms with Gasteiger partial charge in [0.05, 0.1) is 0 Å². The zero-order chi connectivity index (χ0) is 13.4. The molecule has 0 saturated heterocycles. The molecule has 1 rings (SSSR count). The van der Waals surface area contributed by atoms with Crippen molar-refractivity contribution in [3.05, 3.63) is 35.4 Å². The minimum atomic E-state index is 0.451. The summed E-state index contributed by atoms with van der Waals surface area (Å²) in [5.41, 5.74) is 2.72. The van der Waals surface area contributed by atoms with Gasteiger partial charge < -0.3 is 5.32 Å². The summed E-state index contributed by atoms with van der Waals surface area (Å²) in [6, 6.07) is 9.91. The number of aryl methyl sites for hydroxylation is 1. The molecule has 1 unspecified atom stereocenters. The summed E-state index contributed by atoms with van der Waals surface area (Å²) >= 11 is 0. The Kier molecular flexibility index (Phi) is 7.04. The largest absolute Gasteiger partial charge is 0.308 e. The molecule has 0 bridgehead atoms. The van der Waals surface area contributed by atoms with Gasteiger partial charge in [-0.1, -0.05) is 62.4 Å². The van der Waals surface area contributed by atoms with Crippen LogP contribution in [0.1, 0.15) is 70.0 Å². The lowest BCUT2D eigenvalue weighted by Gasteiger charge is -2.20. The van der Waals surface area contributed by atoms with Crippen LogP contribution in [0, 0.1) is 6.92 Å². The minimum Gasteiger partial charge on any atom is -0.308 e. The Hall–Kier alpha value is -0.820. The number of unbranched alkanes of at least 4 members (excludes halogenated alkanes) is 3. The van der Waals surface area contributed by atoms with Crippen LogP contribution in [0.2, 0.25) is 0 Å². The quantitative estimate of drug-likeness (QED) is 0.637. The van der Waals surface area contributed by atoms with Gasteiger partial charge in [-0.2, -0.15) is 0 Å². The standard InChI is InChI=1S/C17H29N/c1-5-6-7-8-9-15(3)18-16(4)17-12-10-14(2)11-13-17/h10-13,15-16,18H,5-9H2,1-4H3/t15?,16-/m0/s1. The van der Waals surface area contributed by atoms with E-state index in [2.05, 4.69) is 57.3 Å². The van der Waals surface area contributed by atoms with E-state index in [-0.39, 0.29) is 0 Å². The highest BCUT2D eigenvalue weighted by molar-refractivity contribution is 5.23. The first-order valence-electron chi connectivity index (χ1n) is 7.46. The second kappa shape index (κ2) is 8.31. The van der Waals surface area contributed by atoms with Gasteiger partial charge in [0.1, 0.15) is 0 Å². The van der Waals surface area contributed by atoms with E-state index in [1.54, 1.807) is 0 Å². The fraction of sp³-hybridized carbons (Fsp3) is 0.647. The molecule has 0 amide bonds. The highest BCUT2D eigenvalue weighted by atomic mass is 14.9. The Bertz CT molecular complexity index is 315. The van der Waals surface area contributed by atoms with Crippen molar-refractivity contribution in [3.8, 4) is 0 Å². The molecule has 0 heterocycles. The Morgan fingerprint density at radius 2 is 1.67 bits per heavy atom. The molecule has 102 valence electrons. The average Bonchev–Trinajstić information content (AvgIpc) is 2.35. The molecule has 1 heteroatoms. The maximum Gasteiger partial charge on any atom is 0.0294 e. The maximum atomic E-state index is 3.69. The lowest BCUT2D eigenvalue weighted by Crippen LogP contribution is -2.28. The molecule has 0 aliphatic heterocycles. The highest BCUT2D eigenvalue weighted by Crippen LogP contribution is 2.15. The Balaban J connectivity index is 2.30. The Morgan fingerprint density at radius 3 is 2.28 bits per heavy atom. The van der Waals surface area contributed by atoms with E-state index in [1.165, 1.54) is 43.2 Å². The number of hydrogen-bond acceptors (Lipinski definition) is 1. The van der Waals surface area contributed by atoms with Gasteiger partial charge in [-0.05, 0) is 32.8 Å². The Labute approximate surface area is 113 Å². The van der Waals surface area contributed by atoms with E-state index in [9.17, 15) is 0 Å². The van der Waals surface area contributed by atoms with Crippen molar-refractivity contribution < 1.29 is 0 Å². The van der Waals surface area contributed by atoms with Crippen molar-refractivity contribution in [3.63, 3.8) is 0 Å². The first kappa shape index (κ1) is 15.2. The third-order valence-corrected chi connectivity index (χ3v) is 3.60. The smallest absolute Gasteiger partial charge is 0.0294 e. The summed E-state index contributed by atoms with van der Waals surface area (Å²) in [4.78, 5) is 0. The summed E-state index contributed by atoms with van der Waals surface area (Å²) in [5.74, 6) is 0. The molecule has 0 fully saturated rings. The van der Waals surface area contributed by atoms with Gasteiger partial charge in [-0.3, -0.25) is 0 Å². The molecular formula is C17H29N. The van der Waals surface area contributed by atoms with Gasteiger partial charge >= 0.3 is 0 Å². The van der Waals surface area contributed by atoms with Crippen LogP contribution in [0.15, 0.2) is 24.3 Å². The normalized spacial score (nSPS) is 14.4. The second-order valence-electron chi connectivity index (χ2n) is 5.55.